The van der Waals surface area contributed by atoms with Gasteiger partial charge in [0.25, 0.3) is 0 Å². The van der Waals surface area contributed by atoms with Crippen molar-refractivity contribution in [2.24, 2.45) is 0 Å². The van der Waals surface area contributed by atoms with Crippen molar-refractivity contribution in [3.05, 3.63) is 48.3 Å². The minimum absolute atomic E-state index is 0.219. The molecular formula is C11H9FN2. The van der Waals surface area contributed by atoms with Gasteiger partial charge in [0.1, 0.15) is 12.1 Å². The van der Waals surface area contributed by atoms with Crippen LogP contribution < -0.4 is 0 Å². The van der Waals surface area contributed by atoms with Gasteiger partial charge in [0, 0.05) is 18.0 Å². The highest BCUT2D eigenvalue weighted by atomic mass is 19.1. The zero-order valence-corrected chi connectivity index (χ0v) is 7.74. The molecule has 0 saturated heterocycles. The summed E-state index contributed by atoms with van der Waals surface area (Å²) in [6, 6.07) is 4.68. The molecule has 1 aromatic carbocycles. The Labute approximate surface area is 81.5 Å². The van der Waals surface area contributed by atoms with Gasteiger partial charge in [-0.3, -0.25) is 0 Å². The van der Waals surface area contributed by atoms with Crippen molar-refractivity contribution in [2.75, 3.05) is 0 Å². The fraction of sp³-hybridized carbons (Fsp3) is 0.0909. The van der Waals surface area contributed by atoms with Crippen LogP contribution in [0.5, 0.6) is 0 Å². The SMILES string of the molecule is Cc1cc(F)ccc1-c1cncnc1. The minimum atomic E-state index is -0.219. The highest BCUT2D eigenvalue weighted by Gasteiger charge is 2.02. The fourth-order valence-corrected chi connectivity index (χ4v) is 1.39. The number of aryl methyl sites for hydroxylation is 1. The van der Waals surface area contributed by atoms with Gasteiger partial charge in [0.15, 0.2) is 0 Å². The van der Waals surface area contributed by atoms with Gasteiger partial charge >= 0.3 is 0 Å². The number of halogens is 1. The molecule has 0 aliphatic heterocycles. The lowest BCUT2D eigenvalue weighted by molar-refractivity contribution is 0.627. The van der Waals surface area contributed by atoms with Gasteiger partial charge in [-0.2, -0.15) is 0 Å². The minimum Gasteiger partial charge on any atom is -0.244 e. The maximum atomic E-state index is 12.8. The van der Waals surface area contributed by atoms with Gasteiger partial charge in [0.2, 0.25) is 0 Å². The molecule has 0 saturated carbocycles. The molecule has 2 nitrogen and oxygen atoms in total. The van der Waals surface area contributed by atoms with Gasteiger partial charge in [-0.15, -0.1) is 0 Å². The van der Waals surface area contributed by atoms with E-state index in [2.05, 4.69) is 9.97 Å². The molecule has 0 radical (unpaired) electrons. The standard InChI is InChI=1S/C11H9FN2/c1-8-4-10(12)2-3-11(8)9-5-13-7-14-6-9/h2-7H,1H3. The Bertz CT molecular complexity index is 440. The second-order valence-corrected chi connectivity index (χ2v) is 3.09. The van der Waals surface area contributed by atoms with Crippen LogP contribution in [0.15, 0.2) is 36.9 Å². The van der Waals surface area contributed by atoms with Crippen molar-refractivity contribution < 1.29 is 4.39 Å². The second kappa shape index (κ2) is 3.54. The lowest BCUT2D eigenvalue weighted by Crippen LogP contribution is -1.86. The molecule has 2 rings (SSSR count). The Hall–Kier alpha value is -1.77. The number of hydrogen-bond donors (Lipinski definition) is 0. The van der Waals surface area contributed by atoms with E-state index in [0.29, 0.717) is 0 Å². The van der Waals surface area contributed by atoms with Crippen LogP contribution >= 0.6 is 0 Å². The van der Waals surface area contributed by atoms with Crippen molar-refractivity contribution in [3.8, 4) is 11.1 Å². The van der Waals surface area contributed by atoms with E-state index in [1.165, 1.54) is 18.5 Å². The molecule has 70 valence electrons. The Balaban J connectivity index is 2.53. The van der Waals surface area contributed by atoms with Crippen molar-refractivity contribution >= 4 is 0 Å². The summed E-state index contributed by atoms with van der Waals surface area (Å²) in [5, 5.41) is 0. The summed E-state index contributed by atoms with van der Waals surface area (Å²) in [4.78, 5) is 7.84. The quantitative estimate of drug-likeness (QED) is 0.687. The van der Waals surface area contributed by atoms with Crippen molar-refractivity contribution in [3.63, 3.8) is 0 Å². The summed E-state index contributed by atoms with van der Waals surface area (Å²) in [5.74, 6) is -0.219. The molecular weight excluding hydrogens is 179 g/mol. The number of aromatic nitrogens is 2. The van der Waals surface area contributed by atoms with Crippen LogP contribution in [-0.4, -0.2) is 9.97 Å². The Morgan fingerprint density at radius 1 is 1.14 bits per heavy atom. The molecule has 0 unspecified atom stereocenters. The molecule has 0 spiro atoms. The maximum Gasteiger partial charge on any atom is 0.123 e. The number of benzene rings is 1. The average Bonchev–Trinajstić information content (AvgIpc) is 2.19. The van der Waals surface area contributed by atoms with Crippen molar-refractivity contribution in [1.82, 2.24) is 9.97 Å². The van der Waals surface area contributed by atoms with Gasteiger partial charge in [-0.1, -0.05) is 6.07 Å². The van der Waals surface area contributed by atoms with Gasteiger partial charge in [-0.05, 0) is 30.2 Å². The van der Waals surface area contributed by atoms with Crippen LogP contribution in [0.3, 0.4) is 0 Å². The summed E-state index contributed by atoms with van der Waals surface area (Å²) >= 11 is 0. The molecule has 0 aliphatic carbocycles. The Morgan fingerprint density at radius 3 is 2.50 bits per heavy atom. The lowest BCUT2D eigenvalue weighted by Gasteiger charge is -2.04. The predicted molar refractivity (Wildman–Crippen MR) is 52.2 cm³/mol. The summed E-state index contributed by atoms with van der Waals surface area (Å²) in [7, 11) is 0. The van der Waals surface area contributed by atoms with Crippen LogP contribution in [0.25, 0.3) is 11.1 Å². The zero-order chi connectivity index (χ0) is 9.97. The smallest absolute Gasteiger partial charge is 0.123 e. The van der Waals surface area contributed by atoms with Crippen LogP contribution in [0, 0.1) is 12.7 Å². The second-order valence-electron chi connectivity index (χ2n) is 3.09. The molecule has 0 amide bonds. The average molecular weight is 188 g/mol. The van der Waals surface area contributed by atoms with E-state index in [1.54, 1.807) is 18.5 Å². The van der Waals surface area contributed by atoms with Gasteiger partial charge in [0.05, 0.1) is 0 Å². The normalized spacial score (nSPS) is 10.1. The Morgan fingerprint density at radius 2 is 1.86 bits per heavy atom. The summed E-state index contributed by atoms with van der Waals surface area (Å²) < 4.78 is 12.8. The first-order valence-electron chi connectivity index (χ1n) is 4.29. The number of nitrogens with zero attached hydrogens (tertiary/aromatic N) is 2. The molecule has 0 atom stereocenters. The molecule has 0 N–H and O–H groups in total. The zero-order valence-electron chi connectivity index (χ0n) is 7.74. The summed E-state index contributed by atoms with van der Waals surface area (Å²) in [5.41, 5.74) is 2.76. The third-order valence-corrected chi connectivity index (χ3v) is 2.06. The van der Waals surface area contributed by atoms with E-state index in [0.717, 1.165) is 16.7 Å². The van der Waals surface area contributed by atoms with Crippen LogP contribution in [-0.2, 0) is 0 Å². The number of hydrogen-bond acceptors (Lipinski definition) is 2. The molecule has 3 heteroatoms. The van der Waals surface area contributed by atoms with Crippen LogP contribution in [0.1, 0.15) is 5.56 Å². The first-order chi connectivity index (χ1) is 6.77. The molecule has 1 heterocycles. The topological polar surface area (TPSA) is 25.8 Å². The molecule has 0 aliphatic rings. The number of rotatable bonds is 1. The van der Waals surface area contributed by atoms with Gasteiger partial charge in [-0.25, -0.2) is 14.4 Å². The Kier molecular flexibility index (Phi) is 2.23. The van der Waals surface area contributed by atoms with Gasteiger partial charge < -0.3 is 0 Å². The molecule has 2 aromatic rings. The van der Waals surface area contributed by atoms with Crippen LogP contribution in [0.2, 0.25) is 0 Å². The predicted octanol–water partition coefficient (Wildman–Crippen LogP) is 2.59. The molecule has 0 bridgehead atoms. The van der Waals surface area contributed by atoms with E-state index in [4.69, 9.17) is 0 Å². The highest BCUT2D eigenvalue weighted by Crippen LogP contribution is 2.21. The van der Waals surface area contributed by atoms with E-state index in [9.17, 15) is 4.39 Å². The van der Waals surface area contributed by atoms with E-state index in [1.807, 2.05) is 6.92 Å². The molecule has 0 fully saturated rings. The summed E-state index contributed by atoms with van der Waals surface area (Å²) in [6.07, 6.45) is 4.91. The van der Waals surface area contributed by atoms with E-state index in [-0.39, 0.29) is 5.82 Å². The van der Waals surface area contributed by atoms with E-state index < -0.39 is 0 Å². The maximum absolute atomic E-state index is 12.8. The summed E-state index contributed by atoms with van der Waals surface area (Å²) in [6.45, 7) is 1.87. The molecule has 14 heavy (non-hydrogen) atoms. The highest BCUT2D eigenvalue weighted by molar-refractivity contribution is 5.65. The monoisotopic (exact) mass is 188 g/mol. The third kappa shape index (κ3) is 1.62. The van der Waals surface area contributed by atoms with E-state index >= 15 is 0 Å². The third-order valence-electron chi connectivity index (χ3n) is 2.06. The fourth-order valence-electron chi connectivity index (χ4n) is 1.39. The first kappa shape index (κ1) is 8.81. The van der Waals surface area contributed by atoms with Crippen molar-refractivity contribution in [2.45, 2.75) is 6.92 Å². The largest absolute Gasteiger partial charge is 0.244 e. The first-order valence-corrected chi connectivity index (χ1v) is 4.29. The lowest BCUT2D eigenvalue weighted by atomic mass is 10.0. The molecule has 1 aromatic heterocycles. The van der Waals surface area contributed by atoms with Crippen molar-refractivity contribution in [1.29, 1.82) is 0 Å². The van der Waals surface area contributed by atoms with Crippen LogP contribution in [0.4, 0.5) is 4.39 Å².